The number of carbonyl (C=O) groups excluding carboxylic acids is 1. The van der Waals surface area contributed by atoms with E-state index >= 15 is 0 Å². The summed E-state index contributed by atoms with van der Waals surface area (Å²) in [5.41, 5.74) is 1.02. The molecule has 2 fully saturated rings. The van der Waals surface area contributed by atoms with E-state index in [1.165, 1.54) is 11.1 Å². The number of carbonyl (C=O) groups is 2. The van der Waals surface area contributed by atoms with E-state index in [-0.39, 0.29) is 24.6 Å². The Hall–Kier alpha value is -2.71. The fourth-order valence-electron chi connectivity index (χ4n) is 3.53. The molecule has 1 aliphatic heterocycles. The van der Waals surface area contributed by atoms with Crippen molar-refractivity contribution in [3.8, 4) is 0 Å². The number of hydrogen-bond donors (Lipinski definition) is 3. The molecule has 2 aliphatic rings. The van der Waals surface area contributed by atoms with Gasteiger partial charge in [0.25, 0.3) is 5.92 Å². The number of halogens is 2. The summed E-state index contributed by atoms with van der Waals surface area (Å²) in [7, 11) is 0. The van der Waals surface area contributed by atoms with Crippen molar-refractivity contribution in [1.82, 2.24) is 14.9 Å². The van der Waals surface area contributed by atoms with E-state index in [0.29, 0.717) is 29.7 Å². The number of carboxylic acid groups (broad SMARTS) is 1. The highest BCUT2D eigenvalue weighted by atomic mass is 19.3. The van der Waals surface area contributed by atoms with Gasteiger partial charge < -0.3 is 20.3 Å². The fraction of sp³-hybridized carbons (Fsp3) is 0.471. The van der Waals surface area contributed by atoms with E-state index in [0.717, 1.165) is 6.42 Å². The number of alkyl halides is 2. The molecule has 1 amide bonds. The zero-order valence-electron chi connectivity index (χ0n) is 13.8. The average Bonchev–Trinajstić information content (AvgIpc) is 3.02. The molecule has 0 spiro atoms. The number of aromatic carboxylic acids is 1. The Morgan fingerprint density at radius 1 is 1.42 bits per heavy atom. The quantitative estimate of drug-likeness (QED) is 0.773. The van der Waals surface area contributed by atoms with Crippen LogP contribution in [0.3, 0.4) is 0 Å². The minimum atomic E-state index is -2.88. The third-order valence-corrected chi connectivity index (χ3v) is 5.02. The van der Waals surface area contributed by atoms with Crippen LogP contribution in [0.5, 0.6) is 0 Å². The Balaban J connectivity index is 1.55. The average molecular weight is 364 g/mol. The Labute approximate surface area is 147 Å². The maximum atomic E-state index is 13.2. The number of nitrogens with zero attached hydrogens (tertiary/aromatic N) is 2. The second kappa shape index (κ2) is 5.93. The summed E-state index contributed by atoms with van der Waals surface area (Å²) in [6, 6.07) is 1.52. The van der Waals surface area contributed by atoms with Crippen LogP contribution in [0, 0.1) is 5.92 Å². The lowest BCUT2D eigenvalue weighted by molar-refractivity contribution is -0.135. The Morgan fingerprint density at radius 3 is 2.88 bits per heavy atom. The smallest absolute Gasteiger partial charge is 0.339 e. The number of rotatable bonds is 4. The number of nitrogens with one attached hydrogen (secondary N) is 2. The molecular weight excluding hydrogens is 346 g/mol. The van der Waals surface area contributed by atoms with Gasteiger partial charge in [-0.15, -0.1) is 0 Å². The van der Waals surface area contributed by atoms with Crippen LogP contribution in [0.2, 0.25) is 0 Å². The summed E-state index contributed by atoms with van der Waals surface area (Å²) in [6.45, 7) is 0.726. The van der Waals surface area contributed by atoms with E-state index < -0.39 is 23.7 Å². The Morgan fingerprint density at radius 2 is 2.19 bits per heavy atom. The highest BCUT2D eigenvalue weighted by molar-refractivity contribution is 6.03. The number of amides is 1. The van der Waals surface area contributed by atoms with E-state index in [9.17, 15) is 23.5 Å². The van der Waals surface area contributed by atoms with Gasteiger partial charge in [-0.3, -0.25) is 4.79 Å². The predicted octanol–water partition coefficient (Wildman–Crippen LogP) is 2.32. The van der Waals surface area contributed by atoms with Crippen LogP contribution in [-0.4, -0.2) is 56.9 Å². The van der Waals surface area contributed by atoms with E-state index in [1.807, 2.05) is 0 Å². The number of likely N-dealkylation sites (tertiary alicyclic amines) is 1. The van der Waals surface area contributed by atoms with E-state index in [1.54, 1.807) is 12.3 Å². The number of pyridine rings is 1. The van der Waals surface area contributed by atoms with Crippen molar-refractivity contribution < 1.29 is 23.5 Å². The molecule has 1 saturated carbocycles. The molecule has 1 aliphatic carbocycles. The minimum Gasteiger partial charge on any atom is -0.478 e. The van der Waals surface area contributed by atoms with Gasteiger partial charge in [-0.2, -0.15) is 0 Å². The number of H-pyrrole nitrogens is 1. The fourth-order valence-corrected chi connectivity index (χ4v) is 3.53. The second-order valence-corrected chi connectivity index (χ2v) is 6.88. The standard InChI is InChI=1S/C17H18F2N4O3/c18-17(19)6-12(17)15(24)23-5-1-2-9(8-23)22-13-10-3-4-20-14(10)21-7-11(13)16(25)26/h3-4,7,9,12H,1-2,5-6,8H2,(H,25,26)(H2,20,21,22)/t9?,12-/m1/s1. The zero-order valence-corrected chi connectivity index (χ0v) is 13.8. The highest BCUT2D eigenvalue weighted by Gasteiger charge is 2.62. The topological polar surface area (TPSA) is 98.3 Å². The molecule has 2 aromatic heterocycles. The third kappa shape index (κ3) is 2.87. The van der Waals surface area contributed by atoms with Gasteiger partial charge in [0.2, 0.25) is 5.91 Å². The van der Waals surface area contributed by atoms with E-state index in [2.05, 4.69) is 15.3 Å². The van der Waals surface area contributed by atoms with Crippen LogP contribution in [0.15, 0.2) is 18.5 Å². The number of fused-ring (bicyclic) bond motifs is 1. The van der Waals surface area contributed by atoms with Crippen molar-refractivity contribution in [3.63, 3.8) is 0 Å². The summed E-state index contributed by atoms with van der Waals surface area (Å²) in [5, 5.41) is 13.3. The maximum absolute atomic E-state index is 13.2. The van der Waals surface area contributed by atoms with Crippen molar-refractivity contribution in [1.29, 1.82) is 0 Å². The third-order valence-electron chi connectivity index (χ3n) is 5.02. The lowest BCUT2D eigenvalue weighted by atomic mass is 10.0. The number of carboxylic acids is 1. The van der Waals surface area contributed by atoms with Gasteiger partial charge in [0, 0.05) is 43.3 Å². The molecule has 7 nitrogen and oxygen atoms in total. The maximum Gasteiger partial charge on any atom is 0.339 e. The number of aromatic nitrogens is 2. The van der Waals surface area contributed by atoms with Crippen LogP contribution in [0.4, 0.5) is 14.5 Å². The molecule has 2 atom stereocenters. The summed E-state index contributed by atoms with van der Waals surface area (Å²) >= 11 is 0. The molecule has 26 heavy (non-hydrogen) atoms. The first-order chi connectivity index (χ1) is 12.4. The summed E-state index contributed by atoms with van der Waals surface area (Å²) in [4.78, 5) is 32.2. The second-order valence-electron chi connectivity index (χ2n) is 6.88. The molecule has 0 aromatic carbocycles. The molecule has 2 aromatic rings. The first-order valence-electron chi connectivity index (χ1n) is 8.49. The molecule has 1 unspecified atom stereocenters. The van der Waals surface area contributed by atoms with Crippen molar-refractivity contribution in [2.45, 2.75) is 31.2 Å². The highest BCUT2D eigenvalue weighted by Crippen LogP contribution is 2.49. The van der Waals surface area contributed by atoms with Crippen LogP contribution < -0.4 is 5.32 Å². The number of aromatic amines is 1. The molecule has 3 heterocycles. The largest absolute Gasteiger partial charge is 0.478 e. The lowest BCUT2D eigenvalue weighted by Crippen LogP contribution is -2.46. The number of piperidine rings is 1. The van der Waals surface area contributed by atoms with Crippen molar-refractivity contribution in [3.05, 3.63) is 24.0 Å². The monoisotopic (exact) mass is 364 g/mol. The van der Waals surface area contributed by atoms with Crippen molar-refractivity contribution in [2.24, 2.45) is 5.92 Å². The van der Waals surface area contributed by atoms with Gasteiger partial charge >= 0.3 is 5.97 Å². The number of hydrogen-bond acceptors (Lipinski definition) is 4. The molecule has 9 heteroatoms. The predicted molar refractivity (Wildman–Crippen MR) is 89.3 cm³/mol. The van der Waals surface area contributed by atoms with Crippen LogP contribution in [0.1, 0.15) is 29.6 Å². The van der Waals surface area contributed by atoms with Gasteiger partial charge in [0.05, 0.1) is 5.69 Å². The van der Waals surface area contributed by atoms with Crippen LogP contribution in [0.25, 0.3) is 11.0 Å². The summed E-state index contributed by atoms with van der Waals surface area (Å²) in [5.74, 6) is -5.70. The van der Waals surface area contributed by atoms with Gasteiger partial charge in [0.15, 0.2) is 0 Å². The molecule has 3 N–H and O–H groups in total. The van der Waals surface area contributed by atoms with Crippen LogP contribution >= 0.6 is 0 Å². The molecule has 0 bridgehead atoms. The first kappa shape index (κ1) is 16.7. The van der Waals surface area contributed by atoms with Gasteiger partial charge in [-0.25, -0.2) is 18.6 Å². The van der Waals surface area contributed by atoms with Crippen molar-refractivity contribution in [2.75, 3.05) is 18.4 Å². The molecule has 138 valence electrons. The molecule has 1 saturated heterocycles. The normalized spacial score (nSPS) is 24.5. The van der Waals surface area contributed by atoms with E-state index in [4.69, 9.17) is 0 Å². The molecule has 0 radical (unpaired) electrons. The van der Waals surface area contributed by atoms with Crippen LogP contribution in [-0.2, 0) is 4.79 Å². The zero-order chi connectivity index (χ0) is 18.5. The lowest BCUT2D eigenvalue weighted by Gasteiger charge is -2.34. The molecular formula is C17H18F2N4O3. The Bertz CT molecular complexity index is 882. The van der Waals surface area contributed by atoms with Crippen molar-refractivity contribution >= 4 is 28.6 Å². The first-order valence-corrected chi connectivity index (χ1v) is 8.49. The van der Waals surface area contributed by atoms with Gasteiger partial charge in [-0.05, 0) is 18.9 Å². The SMILES string of the molecule is O=C(O)c1cnc2[nH]ccc2c1NC1CCCN(C(=O)[C@H]2CC2(F)F)C1. The Kier molecular flexibility index (Phi) is 3.82. The molecule has 4 rings (SSSR count). The number of anilines is 1. The minimum absolute atomic E-state index is 0.0364. The summed E-state index contributed by atoms with van der Waals surface area (Å²) < 4.78 is 26.4. The van der Waals surface area contributed by atoms with Gasteiger partial charge in [-0.1, -0.05) is 0 Å². The van der Waals surface area contributed by atoms with Gasteiger partial charge in [0.1, 0.15) is 17.1 Å². The summed E-state index contributed by atoms with van der Waals surface area (Å²) in [6.07, 6.45) is 3.96.